The number of carbonyl (C=O) groups excluding carboxylic acids is 1. The van der Waals surface area contributed by atoms with E-state index in [1.165, 1.54) is 11.3 Å². The Morgan fingerprint density at radius 3 is 2.63 bits per heavy atom. The predicted octanol–water partition coefficient (Wildman–Crippen LogP) is 5.12. The molecule has 1 amide bonds. The molecule has 2 unspecified atom stereocenters. The third-order valence-corrected chi connectivity index (χ3v) is 6.64. The third kappa shape index (κ3) is 3.99. The van der Waals surface area contributed by atoms with Crippen molar-refractivity contribution in [2.24, 2.45) is 5.92 Å². The number of imidazole rings is 1. The van der Waals surface area contributed by atoms with Crippen LogP contribution >= 0.6 is 23.2 Å². The van der Waals surface area contributed by atoms with Crippen molar-refractivity contribution in [3.63, 3.8) is 0 Å². The highest BCUT2D eigenvalue weighted by molar-refractivity contribution is 6.34. The number of hydrogen-bond acceptors (Lipinski definition) is 2. The highest BCUT2D eigenvalue weighted by atomic mass is 35.5. The highest BCUT2D eigenvalue weighted by Gasteiger charge is 2.46. The van der Waals surface area contributed by atoms with Gasteiger partial charge in [-0.3, -0.25) is 4.79 Å². The second kappa shape index (κ2) is 8.09. The Hall–Kier alpha value is -2.30. The zero-order chi connectivity index (χ0) is 20.7. The van der Waals surface area contributed by atoms with Gasteiger partial charge in [0.15, 0.2) is 0 Å². The zero-order valence-corrected chi connectivity index (χ0v) is 18.1. The Labute approximate surface area is 186 Å². The second-order valence-electron chi connectivity index (χ2n) is 8.23. The van der Waals surface area contributed by atoms with Crippen molar-refractivity contribution in [2.45, 2.75) is 38.3 Å². The molecule has 1 aromatic heterocycles. The normalized spacial score (nSPS) is 20.1. The molecule has 0 bridgehead atoms. The molecular weight excluding hydrogens is 417 g/mol. The van der Waals surface area contributed by atoms with Gasteiger partial charge in [-0.1, -0.05) is 53.5 Å². The molecule has 1 fully saturated rings. The van der Waals surface area contributed by atoms with Gasteiger partial charge in [0.05, 0.1) is 18.6 Å². The molecule has 4 nitrogen and oxygen atoms in total. The van der Waals surface area contributed by atoms with Crippen LogP contribution in [0, 0.1) is 5.92 Å². The molecular formula is C24H23Cl2N3O. The highest BCUT2D eigenvalue weighted by Crippen LogP contribution is 2.49. The summed E-state index contributed by atoms with van der Waals surface area (Å²) < 4.78 is 2.25. The van der Waals surface area contributed by atoms with Gasteiger partial charge in [-0.05, 0) is 48.1 Å². The Morgan fingerprint density at radius 2 is 1.87 bits per heavy atom. The van der Waals surface area contributed by atoms with Gasteiger partial charge in [0.1, 0.15) is 0 Å². The summed E-state index contributed by atoms with van der Waals surface area (Å²) >= 11 is 12.3. The molecule has 0 saturated heterocycles. The summed E-state index contributed by atoms with van der Waals surface area (Å²) in [6, 6.07) is 16.1. The number of amides is 1. The molecule has 30 heavy (non-hydrogen) atoms. The van der Waals surface area contributed by atoms with E-state index in [-0.39, 0.29) is 17.7 Å². The summed E-state index contributed by atoms with van der Waals surface area (Å²) in [5.74, 6) is 0.473. The van der Waals surface area contributed by atoms with Crippen LogP contribution < -0.4 is 0 Å². The van der Waals surface area contributed by atoms with Gasteiger partial charge < -0.3 is 9.47 Å². The van der Waals surface area contributed by atoms with Crippen molar-refractivity contribution >= 4 is 29.1 Å². The third-order valence-electron chi connectivity index (χ3n) is 6.21. The first-order chi connectivity index (χ1) is 14.6. The Balaban J connectivity index is 1.22. The number of rotatable bonds is 5. The molecule has 0 radical (unpaired) electrons. The summed E-state index contributed by atoms with van der Waals surface area (Å²) in [4.78, 5) is 19.6. The van der Waals surface area contributed by atoms with E-state index >= 15 is 0 Å². The molecule has 2 atom stereocenters. The van der Waals surface area contributed by atoms with Crippen LogP contribution in [0.25, 0.3) is 0 Å². The minimum absolute atomic E-state index is 0.0289. The fourth-order valence-corrected chi connectivity index (χ4v) is 5.05. The minimum Gasteiger partial charge on any atom is -0.336 e. The first kappa shape index (κ1) is 19.7. The van der Waals surface area contributed by atoms with Crippen molar-refractivity contribution in [1.82, 2.24) is 14.5 Å². The molecule has 1 aliphatic heterocycles. The summed E-state index contributed by atoms with van der Waals surface area (Å²) in [7, 11) is 0. The molecule has 1 saturated carbocycles. The van der Waals surface area contributed by atoms with Gasteiger partial charge in [-0.25, -0.2) is 4.98 Å². The number of halogens is 2. The van der Waals surface area contributed by atoms with Gasteiger partial charge in [-0.15, -0.1) is 0 Å². The van der Waals surface area contributed by atoms with E-state index in [2.05, 4.69) is 33.8 Å². The maximum Gasteiger partial charge on any atom is 0.226 e. The molecule has 3 aromatic rings. The number of hydrogen-bond donors (Lipinski definition) is 0. The van der Waals surface area contributed by atoms with Crippen LogP contribution in [-0.2, 0) is 30.7 Å². The van der Waals surface area contributed by atoms with E-state index in [1.54, 1.807) is 6.07 Å². The number of nitrogens with zero attached hydrogens (tertiary/aromatic N) is 3. The zero-order valence-electron chi connectivity index (χ0n) is 16.6. The molecule has 6 heteroatoms. The molecule has 1 aliphatic carbocycles. The molecule has 2 aromatic carbocycles. The Morgan fingerprint density at radius 1 is 1.10 bits per heavy atom. The average Bonchev–Trinajstić information content (AvgIpc) is 3.45. The number of aromatic nitrogens is 2. The molecule has 0 spiro atoms. The smallest absolute Gasteiger partial charge is 0.226 e. The van der Waals surface area contributed by atoms with Crippen LogP contribution in [0.1, 0.15) is 34.9 Å². The number of aryl methyl sites for hydroxylation is 2. The van der Waals surface area contributed by atoms with E-state index < -0.39 is 0 Å². The summed E-state index contributed by atoms with van der Waals surface area (Å²) in [6.07, 6.45) is 4.63. The van der Waals surface area contributed by atoms with Gasteiger partial charge >= 0.3 is 0 Å². The van der Waals surface area contributed by atoms with Crippen molar-refractivity contribution in [3.05, 3.63) is 87.4 Å². The maximum absolute atomic E-state index is 13.1. The lowest BCUT2D eigenvalue weighted by atomic mass is 10.1. The van der Waals surface area contributed by atoms with Crippen molar-refractivity contribution in [2.75, 3.05) is 6.54 Å². The molecule has 154 valence electrons. The largest absolute Gasteiger partial charge is 0.336 e. The van der Waals surface area contributed by atoms with Crippen molar-refractivity contribution < 1.29 is 4.79 Å². The first-order valence-electron chi connectivity index (χ1n) is 10.4. The molecule has 2 aliphatic rings. The van der Waals surface area contributed by atoms with Gasteiger partial charge in [0.2, 0.25) is 5.91 Å². The molecule has 2 heterocycles. The van der Waals surface area contributed by atoms with Crippen LogP contribution in [0.5, 0.6) is 0 Å². The van der Waals surface area contributed by atoms with E-state index in [1.807, 2.05) is 29.4 Å². The molecule has 0 N–H and O–H groups in total. The Bertz CT molecular complexity index is 1060. The lowest BCUT2D eigenvalue weighted by Crippen LogP contribution is -2.37. The summed E-state index contributed by atoms with van der Waals surface area (Å²) in [5, 5.41) is 1.25. The van der Waals surface area contributed by atoms with Crippen LogP contribution in [0.4, 0.5) is 0 Å². The van der Waals surface area contributed by atoms with Gasteiger partial charge in [-0.2, -0.15) is 0 Å². The average molecular weight is 440 g/mol. The quantitative estimate of drug-likeness (QED) is 0.552. The number of carbonyl (C=O) groups is 1. The summed E-state index contributed by atoms with van der Waals surface area (Å²) in [6.45, 7) is 2.27. The first-order valence-corrected chi connectivity index (χ1v) is 11.2. The van der Waals surface area contributed by atoms with Crippen molar-refractivity contribution in [3.8, 4) is 0 Å². The van der Waals surface area contributed by atoms with E-state index in [4.69, 9.17) is 23.2 Å². The van der Waals surface area contributed by atoms with Crippen LogP contribution in [-0.4, -0.2) is 26.9 Å². The van der Waals surface area contributed by atoms with Crippen LogP contribution in [0.3, 0.4) is 0 Å². The van der Waals surface area contributed by atoms with E-state index in [9.17, 15) is 4.79 Å². The maximum atomic E-state index is 13.1. The van der Waals surface area contributed by atoms with Crippen LogP contribution in [0.2, 0.25) is 10.0 Å². The topological polar surface area (TPSA) is 38.1 Å². The minimum atomic E-state index is 0.0289. The SMILES string of the molecule is O=C(C1CC1c1cc(Cl)cc(Cl)c1)N1CCc2c(ncn2CCc2ccccc2)C1. The van der Waals surface area contributed by atoms with E-state index in [0.717, 1.165) is 43.6 Å². The number of benzene rings is 2. The number of fused-ring (bicyclic) bond motifs is 1. The lowest BCUT2D eigenvalue weighted by molar-refractivity contribution is -0.133. The van der Waals surface area contributed by atoms with Crippen molar-refractivity contribution in [1.29, 1.82) is 0 Å². The lowest BCUT2D eigenvalue weighted by Gasteiger charge is -2.27. The summed E-state index contributed by atoms with van der Waals surface area (Å²) in [5.41, 5.74) is 4.69. The monoisotopic (exact) mass is 439 g/mol. The van der Waals surface area contributed by atoms with Gasteiger partial charge in [0, 0.05) is 41.2 Å². The second-order valence-corrected chi connectivity index (χ2v) is 9.10. The van der Waals surface area contributed by atoms with Crippen LogP contribution in [0.15, 0.2) is 54.9 Å². The molecule has 5 rings (SSSR count). The predicted molar refractivity (Wildman–Crippen MR) is 119 cm³/mol. The van der Waals surface area contributed by atoms with E-state index in [0.29, 0.717) is 16.6 Å². The Kier molecular flexibility index (Phi) is 5.30. The standard InChI is InChI=1S/C24H23Cl2N3O/c25-18-10-17(11-19(26)12-18)20-13-21(20)24(30)28-9-7-23-22(14-28)27-15-29(23)8-6-16-4-2-1-3-5-16/h1-5,10-12,15,20-21H,6-9,13-14H2. The fraction of sp³-hybridized carbons (Fsp3) is 0.333. The fourth-order valence-electron chi connectivity index (χ4n) is 4.51. The van der Waals surface area contributed by atoms with Gasteiger partial charge in [0.25, 0.3) is 0 Å².